The Morgan fingerprint density at radius 2 is 1.84 bits per heavy atom. The molecule has 7 heteroatoms. The number of carboxylic acid groups (broad SMARTS) is 1. The van der Waals surface area contributed by atoms with Gasteiger partial charge in [-0.3, -0.25) is 9.59 Å². The van der Waals surface area contributed by atoms with Gasteiger partial charge in [0.1, 0.15) is 5.82 Å². The van der Waals surface area contributed by atoms with Gasteiger partial charge in [-0.1, -0.05) is 0 Å². The average Bonchev–Trinajstić information content (AvgIpc) is 3.03. The molecular weight excluding hydrogens is 320 g/mol. The first kappa shape index (κ1) is 17.1. The summed E-state index contributed by atoms with van der Waals surface area (Å²) in [7, 11) is 0. The summed E-state index contributed by atoms with van der Waals surface area (Å²) in [6, 6.07) is 7.59. The number of unbranched alkanes of at least 4 members (excludes halogenated alkanes) is 1. The van der Waals surface area contributed by atoms with Gasteiger partial charge in [0, 0.05) is 37.1 Å². The molecule has 2 heterocycles. The number of amides is 1. The number of hydrogen-bond acceptors (Lipinski definition) is 4. The highest BCUT2D eigenvalue weighted by Crippen LogP contribution is 2.24. The Morgan fingerprint density at radius 3 is 2.60 bits per heavy atom. The predicted octanol–water partition coefficient (Wildman–Crippen LogP) is 2.86. The third-order valence-corrected chi connectivity index (χ3v) is 4.33. The quantitative estimate of drug-likeness (QED) is 0.754. The number of benzene rings is 1. The molecule has 25 heavy (non-hydrogen) atoms. The van der Waals surface area contributed by atoms with Gasteiger partial charge in [-0.2, -0.15) is 0 Å². The van der Waals surface area contributed by atoms with Gasteiger partial charge in [-0.25, -0.2) is 0 Å². The van der Waals surface area contributed by atoms with Crippen molar-refractivity contribution in [2.24, 2.45) is 0 Å². The van der Waals surface area contributed by atoms with Gasteiger partial charge in [0.2, 0.25) is 5.91 Å². The number of carbonyl (C=O) groups excluding carboxylic acids is 1. The van der Waals surface area contributed by atoms with Crippen LogP contribution in [0.25, 0.3) is 11.4 Å². The number of nitrogens with one attached hydrogen (secondary N) is 1. The Kier molecular flexibility index (Phi) is 5.42. The Morgan fingerprint density at radius 1 is 1.08 bits per heavy atom. The minimum Gasteiger partial charge on any atom is -0.481 e. The van der Waals surface area contributed by atoms with E-state index in [1.165, 1.54) is 0 Å². The molecule has 0 unspecified atom stereocenters. The maximum absolute atomic E-state index is 11.9. The molecule has 1 aromatic heterocycles. The van der Waals surface area contributed by atoms with Crippen molar-refractivity contribution in [3.05, 3.63) is 30.1 Å². The van der Waals surface area contributed by atoms with Crippen LogP contribution >= 0.6 is 0 Å². The molecule has 0 bridgehead atoms. The monoisotopic (exact) mass is 342 g/mol. The molecule has 7 nitrogen and oxygen atoms in total. The fourth-order valence-electron chi connectivity index (χ4n) is 3.01. The number of fused-ring (bicyclic) bond motifs is 1. The fraction of sp³-hybridized carbons (Fsp3) is 0.444. The molecule has 2 aromatic rings. The normalized spacial score (nSPS) is 13.3. The number of aliphatic carboxylic acids is 1. The smallest absolute Gasteiger partial charge is 0.303 e. The summed E-state index contributed by atoms with van der Waals surface area (Å²) in [6.45, 7) is 0.951. The van der Waals surface area contributed by atoms with Crippen molar-refractivity contribution in [1.82, 2.24) is 14.8 Å². The highest BCUT2D eigenvalue weighted by Gasteiger charge is 2.16. The Hall–Kier alpha value is -2.70. The molecule has 132 valence electrons. The summed E-state index contributed by atoms with van der Waals surface area (Å²) in [5.41, 5.74) is 1.71. The maximum Gasteiger partial charge on any atom is 0.303 e. The second-order valence-corrected chi connectivity index (χ2v) is 6.27. The third-order valence-electron chi connectivity index (χ3n) is 4.33. The van der Waals surface area contributed by atoms with E-state index >= 15 is 0 Å². The largest absolute Gasteiger partial charge is 0.481 e. The molecule has 1 amide bonds. The molecule has 0 radical (unpaired) electrons. The van der Waals surface area contributed by atoms with E-state index in [0.29, 0.717) is 19.3 Å². The van der Waals surface area contributed by atoms with Crippen molar-refractivity contribution in [2.75, 3.05) is 5.32 Å². The number of aromatic nitrogens is 3. The summed E-state index contributed by atoms with van der Waals surface area (Å²) < 4.78 is 2.17. The lowest BCUT2D eigenvalue weighted by molar-refractivity contribution is -0.137. The van der Waals surface area contributed by atoms with Crippen LogP contribution in [0.1, 0.15) is 44.3 Å². The minimum atomic E-state index is -0.827. The standard InChI is InChI=1S/C18H22N4O3/c23-16(6-1-2-7-17(24)25)19-14-10-8-13(9-11-14)18-21-20-15-5-3-4-12-22(15)18/h8-11H,1-7,12H2,(H,19,23)(H,24,25). The lowest BCUT2D eigenvalue weighted by atomic mass is 10.1. The number of hydrogen-bond donors (Lipinski definition) is 2. The minimum absolute atomic E-state index is 0.0991. The molecule has 0 saturated carbocycles. The van der Waals surface area contributed by atoms with Crippen molar-refractivity contribution in [3.8, 4) is 11.4 Å². The van der Waals surface area contributed by atoms with E-state index in [-0.39, 0.29) is 12.3 Å². The zero-order chi connectivity index (χ0) is 17.6. The fourth-order valence-corrected chi connectivity index (χ4v) is 3.01. The van der Waals surface area contributed by atoms with E-state index in [9.17, 15) is 9.59 Å². The molecular formula is C18H22N4O3. The number of rotatable bonds is 7. The van der Waals surface area contributed by atoms with Gasteiger partial charge in [0.05, 0.1) is 0 Å². The summed E-state index contributed by atoms with van der Waals surface area (Å²) in [5.74, 6) is 0.992. The summed E-state index contributed by atoms with van der Waals surface area (Å²) in [5, 5.41) is 20.0. The van der Waals surface area contributed by atoms with E-state index in [0.717, 1.165) is 48.7 Å². The topological polar surface area (TPSA) is 97.1 Å². The Balaban J connectivity index is 1.56. The molecule has 1 aliphatic heterocycles. The average molecular weight is 342 g/mol. The van der Waals surface area contributed by atoms with Crippen molar-refractivity contribution in [2.45, 2.75) is 51.5 Å². The van der Waals surface area contributed by atoms with Crippen molar-refractivity contribution in [1.29, 1.82) is 0 Å². The molecule has 2 N–H and O–H groups in total. The lowest BCUT2D eigenvalue weighted by Gasteiger charge is -2.14. The second-order valence-electron chi connectivity index (χ2n) is 6.27. The molecule has 0 fully saturated rings. The van der Waals surface area contributed by atoms with E-state index < -0.39 is 5.97 Å². The Bertz CT molecular complexity index is 752. The number of nitrogens with zero attached hydrogens (tertiary/aromatic N) is 3. The van der Waals surface area contributed by atoms with Crippen LogP contribution < -0.4 is 5.32 Å². The number of carbonyl (C=O) groups is 2. The SMILES string of the molecule is O=C(O)CCCCC(=O)Nc1ccc(-c2nnc3n2CCCC3)cc1. The lowest BCUT2D eigenvalue weighted by Crippen LogP contribution is -2.12. The first-order valence-electron chi connectivity index (χ1n) is 8.67. The number of aryl methyl sites for hydroxylation is 1. The van der Waals surface area contributed by atoms with Crippen LogP contribution in [0.5, 0.6) is 0 Å². The Labute approximate surface area is 146 Å². The van der Waals surface area contributed by atoms with E-state index in [1.54, 1.807) is 0 Å². The van der Waals surface area contributed by atoms with Gasteiger partial charge in [-0.15, -0.1) is 10.2 Å². The van der Waals surface area contributed by atoms with Crippen LogP contribution in [0.2, 0.25) is 0 Å². The molecule has 1 aromatic carbocycles. The number of carboxylic acids is 1. The first-order valence-corrected chi connectivity index (χ1v) is 8.67. The predicted molar refractivity (Wildman–Crippen MR) is 93.1 cm³/mol. The van der Waals surface area contributed by atoms with Crippen LogP contribution in [0.3, 0.4) is 0 Å². The molecule has 0 spiro atoms. The van der Waals surface area contributed by atoms with Crippen LogP contribution in [-0.4, -0.2) is 31.7 Å². The highest BCUT2D eigenvalue weighted by molar-refractivity contribution is 5.90. The van der Waals surface area contributed by atoms with Gasteiger partial charge in [0.15, 0.2) is 5.82 Å². The molecule has 0 atom stereocenters. The first-order chi connectivity index (χ1) is 12.1. The van der Waals surface area contributed by atoms with Crippen LogP contribution in [-0.2, 0) is 22.6 Å². The summed E-state index contributed by atoms with van der Waals surface area (Å²) >= 11 is 0. The molecule has 0 saturated heterocycles. The molecule has 3 rings (SSSR count). The molecule has 0 aliphatic carbocycles. The van der Waals surface area contributed by atoms with Gasteiger partial charge >= 0.3 is 5.97 Å². The maximum atomic E-state index is 11.9. The molecule has 1 aliphatic rings. The van der Waals surface area contributed by atoms with Crippen molar-refractivity contribution in [3.63, 3.8) is 0 Å². The number of anilines is 1. The van der Waals surface area contributed by atoms with Crippen LogP contribution in [0, 0.1) is 0 Å². The van der Waals surface area contributed by atoms with E-state index in [2.05, 4.69) is 20.1 Å². The van der Waals surface area contributed by atoms with Gasteiger partial charge < -0.3 is 15.0 Å². The zero-order valence-electron chi connectivity index (χ0n) is 14.1. The van der Waals surface area contributed by atoms with Crippen molar-refractivity contribution >= 4 is 17.6 Å². The van der Waals surface area contributed by atoms with Crippen molar-refractivity contribution < 1.29 is 14.7 Å². The van der Waals surface area contributed by atoms with Crippen LogP contribution in [0.15, 0.2) is 24.3 Å². The highest BCUT2D eigenvalue weighted by atomic mass is 16.4. The second kappa shape index (κ2) is 7.92. The summed E-state index contributed by atoms with van der Waals surface area (Å²) in [6.07, 6.45) is 4.80. The van der Waals surface area contributed by atoms with Gasteiger partial charge in [-0.05, 0) is 49.9 Å². The van der Waals surface area contributed by atoms with E-state index in [1.807, 2.05) is 24.3 Å². The van der Waals surface area contributed by atoms with Gasteiger partial charge in [0.25, 0.3) is 0 Å². The van der Waals surface area contributed by atoms with Crippen LogP contribution in [0.4, 0.5) is 5.69 Å². The zero-order valence-corrected chi connectivity index (χ0v) is 14.1. The van der Waals surface area contributed by atoms with E-state index in [4.69, 9.17) is 5.11 Å². The third kappa shape index (κ3) is 4.43. The summed E-state index contributed by atoms with van der Waals surface area (Å²) in [4.78, 5) is 22.3.